The van der Waals surface area contributed by atoms with Gasteiger partial charge in [-0.15, -0.1) is 0 Å². The molecular formula is C35H64N2O4S. The van der Waals surface area contributed by atoms with Crippen molar-refractivity contribution in [1.82, 2.24) is 10.6 Å². The summed E-state index contributed by atoms with van der Waals surface area (Å²) in [6.07, 6.45) is 27.0. The minimum atomic E-state index is -4.02. The molecule has 3 N–H and O–H groups in total. The quantitative estimate of drug-likeness (QED) is 0.0952. The first-order valence-corrected chi connectivity index (χ1v) is 18.5. The van der Waals surface area contributed by atoms with E-state index in [1.54, 1.807) is 12.1 Å². The summed E-state index contributed by atoms with van der Waals surface area (Å²) in [4.78, 5) is 12.4. The second-order valence-corrected chi connectivity index (χ2v) is 14.5. The normalized spacial score (nSPS) is 16.0. The molecule has 1 fully saturated rings. The molecule has 1 aliphatic rings. The fourth-order valence-corrected chi connectivity index (χ4v) is 5.97. The second-order valence-electron chi connectivity index (χ2n) is 13.0. The van der Waals surface area contributed by atoms with Crippen LogP contribution in [0.2, 0.25) is 0 Å². The predicted molar refractivity (Wildman–Crippen MR) is 178 cm³/mol. The summed E-state index contributed by atoms with van der Waals surface area (Å²) in [5, 5.41) is 6.96. The number of rotatable bonds is 21. The number of Topliss-reactive ketones (excluding diaryl/α,β-unsaturated/α-hetero) is 1. The third-order valence-electron chi connectivity index (χ3n) is 8.41. The molecule has 1 saturated heterocycles. The highest BCUT2D eigenvalue weighted by Crippen LogP contribution is 2.17. The number of hydrogen-bond donors (Lipinski definition) is 3. The number of hydrogen-bond acceptors (Lipinski definition) is 5. The number of nitrogens with one attached hydrogen (secondary N) is 2. The van der Waals surface area contributed by atoms with Crippen molar-refractivity contribution >= 4 is 15.9 Å². The summed E-state index contributed by atoms with van der Waals surface area (Å²) in [6, 6.07) is 6.07. The van der Waals surface area contributed by atoms with Crippen LogP contribution in [0.15, 0.2) is 29.2 Å². The van der Waals surface area contributed by atoms with Crippen LogP contribution >= 0.6 is 0 Å². The van der Waals surface area contributed by atoms with E-state index in [1.165, 1.54) is 128 Å². The molecule has 1 atom stereocenters. The lowest BCUT2D eigenvalue weighted by atomic mass is 9.95. The van der Waals surface area contributed by atoms with Crippen LogP contribution in [-0.2, 0) is 14.9 Å². The molecule has 1 aromatic rings. The number of carbonyl (C=O) groups is 1. The second kappa shape index (κ2) is 23.1. The van der Waals surface area contributed by atoms with E-state index < -0.39 is 10.1 Å². The van der Waals surface area contributed by atoms with Crippen LogP contribution < -0.4 is 10.6 Å². The molecule has 2 rings (SSSR count). The van der Waals surface area contributed by atoms with Gasteiger partial charge in [-0.3, -0.25) is 9.35 Å². The SMILES string of the molecule is CCCCCCCCCCCCCCCCCC(C)(C)NCC(=O)C1CCCCCN1.Cc1ccc(S(=O)(=O)O)cc1. The number of ketones is 1. The van der Waals surface area contributed by atoms with Gasteiger partial charge in [0.2, 0.25) is 0 Å². The first kappa shape index (κ1) is 38.7. The van der Waals surface area contributed by atoms with E-state index >= 15 is 0 Å². The van der Waals surface area contributed by atoms with Crippen molar-refractivity contribution in [3.63, 3.8) is 0 Å². The van der Waals surface area contributed by atoms with Crippen molar-refractivity contribution in [1.29, 1.82) is 0 Å². The minimum Gasteiger partial charge on any atom is -0.307 e. The topological polar surface area (TPSA) is 95.5 Å². The number of aryl methyl sites for hydroxylation is 1. The first-order chi connectivity index (χ1) is 20.0. The highest BCUT2D eigenvalue weighted by molar-refractivity contribution is 7.85. The van der Waals surface area contributed by atoms with Gasteiger partial charge in [0.25, 0.3) is 10.1 Å². The van der Waals surface area contributed by atoms with Gasteiger partial charge in [-0.05, 0) is 58.7 Å². The molecule has 0 spiro atoms. The molecule has 0 aromatic heterocycles. The lowest BCUT2D eigenvalue weighted by molar-refractivity contribution is -0.120. The molecule has 1 aromatic carbocycles. The van der Waals surface area contributed by atoms with Crippen molar-refractivity contribution in [3.8, 4) is 0 Å². The van der Waals surface area contributed by atoms with Crippen LogP contribution in [0.1, 0.15) is 155 Å². The predicted octanol–water partition coefficient (Wildman–Crippen LogP) is 8.96. The van der Waals surface area contributed by atoms with Gasteiger partial charge >= 0.3 is 0 Å². The Labute approximate surface area is 259 Å². The Morgan fingerprint density at radius 3 is 1.83 bits per heavy atom. The van der Waals surface area contributed by atoms with Gasteiger partial charge in [-0.1, -0.05) is 134 Å². The molecule has 0 aliphatic carbocycles. The van der Waals surface area contributed by atoms with Crippen LogP contribution in [-0.4, -0.2) is 43.4 Å². The Bertz CT molecular complexity index is 907. The summed E-state index contributed by atoms with van der Waals surface area (Å²) in [7, 11) is -4.02. The average molecular weight is 609 g/mol. The van der Waals surface area contributed by atoms with Crippen molar-refractivity contribution in [2.45, 2.75) is 173 Å². The maximum Gasteiger partial charge on any atom is 0.294 e. The standard InChI is InChI=1S/C28H56N2O.C7H8O3S/c1-4-5-6-7-8-9-10-11-12-13-14-15-16-17-20-23-28(2,3)30-25-27(31)26-22-19-18-21-24-29-26;1-6-2-4-7(5-3-6)11(8,9)10/h26,29-30H,4-25H2,1-3H3;2-5H,1H3,(H,8,9,10). The Morgan fingerprint density at radius 1 is 0.833 bits per heavy atom. The molecule has 0 radical (unpaired) electrons. The summed E-state index contributed by atoms with van der Waals surface area (Å²) >= 11 is 0. The van der Waals surface area contributed by atoms with Crippen LogP contribution in [0, 0.1) is 6.92 Å². The van der Waals surface area contributed by atoms with Gasteiger partial charge in [0, 0.05) is 5.54 Å². The van der Waals surface area contributed by atoms with E-state index in [0.717, 1.165) is 24.9 Å². The first-order valence-electron chi connectivity index (χ1n) is 17.1. The summed E-state index contributed by atoms with van der Waals surface area (Å²) < 4.78 is 29.6. The maximum absolute atomic E-state index is 12.5. The van der Waals surface area contributed by atoms with Crippen molar-refractivity contribution in [3.05, 3.63) is 29.8 Å². The van der Waals surface area contributed by atoms with Gasteiger partial charge in [-0.25, -0.2) is 0 Å². The molecule has 7 heteroatoms. The molecule has 1 unspecified atom stereocenters. The van der Waals surface area contributed by atoms with Crippen molar-refractivity contribution < 1.29 is 17.8 Å². The fourth-order valence-electron chi connectivity index (χ4n) is 5.49. The lowest BCUT2D eigenvalue weighted by Crippen LogP contribution is -2.47. The van der Waals surface area contributed by atoms with Gasteiger partial charge in [0.1, 0.15) is 0 Å². The molecule has 1 aliphatic heterocycles. The fraction of sp³-hybridized carbons (Fsp3) is 0.800. The molecule has 244 valence electrons. The zero-order chi connectivity index (χ0) is 31.1. The van der Waals surface area contributed by atoms with E-state index in [0.29, 0.717) is 12.3 Å². The van der Waals surface area contributed by atoms with Crippen molar-refractivity contribution in [2.24, 2.45) is 0 Å². The Morgan fingerprint density at radius 2 is 1.33 bits per heavy atom. The zero-order valence-corrected chi connectivity index (χ0v) is 28.3. The van der Waals surface area contributed by atoms with Crippen LogP contribution in [0.4, 0.5) is 0 Å². The zero-order valence-electron chi connectivity index (χ0n) is 27.5. The molecule has 1 heterocycles. The summed E-state index contributed by atoms with van der Waals surface area (Å²) in [6.45, 7) is 10.2. The monoisotopic (exact) mass is 608 g/mol. The third-order valence-corrected chi connectivity index (χ3v) is 9.28. The Kier molecular flexibility index (Phi) is 21.4. The van der Waals surface area contributed by atoms with Crippen molar-refractivity contribution in [2.75, 3.05) is 13.1 Å². The average Bonchev–Trinajstić information content (AvgIpc) is 3.24. The number of unbranched alkanes of at least 4 members (excludes halogenated alkanes) is 14. The summed E-state index contributed by atoms with van der Waals surface area (Å²) in [5.41, 5.74) is 1.02. The molecule has 0 amide bonds. The maximum atomic E-state index is 12.5. The van der Waals surface area contributed by atoms with Crippen LogP contribution in [0.5, 0.6) is 0 Å². The molecular weight excluding hydrogens is 544 g/mol. The highest BCUT2D eigenvalue weighted by Gasteiger charge is 2.23. The van der Waals surface area contributed by atoms with Gasteiger partial charge in [0.05, 0.1) is 17.5 Å². The smallest absolute Gasteiger partial charge is 0.294 e. The lowest BCUT2D eigenvalue weighted by Gasteiger charge is -2.27. The molecule has 0 bridgehead atoms. The van der Waals surface area contributed by atoms with E-state index in [1.807, 2.05) is 6.92 Å². The molecule has 42 heavy (non-hydrogen) atoms. The van der Waals surface area contributed by atoms with E-state index in [9.17, 15) is 13.2 Å². The Hall–Kier alpha value is -1.28. The third kappa shape index (κ3) is 20.6. The van der Waals surface area contributed by atoms with E-state index in [4.69, 9.17) is 4.55 Å². The minimum absolute atomic E-state index is 0.0664. The van der Waals surface area contributed by atoms with Gasteiger partial charge in [-0.2, -0.15) is 8.42 Å². The van der Waals surface area contributed by atoms with Crippen LogP contribution in [0.3, 0.4) is 0 Å². The number of benzene rings is 1. The molecule has 0 saturated carbocycles. The van der Waals surface area contributed by atoms with Crippen LogP contribution in [0.25, 0.3) is 0 Å². The van der Waals surface area contributed by atoms with E-state index in [-0.39, 0.29) is 16.5 Å². The highest BCUT2D eigenvalue weighted by atomic mass is 32.2. The summed E-state index contributed by atoms with van der Waals surface area (Å²) in [5.74, 6) is 0.353. The number of carbonyl (C=O) groups excluding carboxylic acids is 1. The molecule has 6 nitrogen and oxygen atoms in total. The largest absolute Gasteiger partial charge is 0.307 e. The van der Waals surface area contributed by atoms with Gasteiger partial charge in [0.15, 0.2) is 5.78 Å². The van der Waals surface area contributed by atoms with E-state index in [2.05, 4.69) is 31.4 Å². The van der Waals surface area contributed by atoms with Gasteiger partial charge < -0.3 is 10.6 Å². The Balaban J connectivity index is 0.000000666.